The summed E-state index contributed by atoms with van der Waals surface area (Å²) < 4.78 is 12.9. The van der Waals surface area contributed by atoms with E-state index in [-0.39, 0.29) is 19.1 Å². The second-order valence-electron chi connectivity index (χ2n) is 9.58. The van der Waals surface area contributed by atoms with Crippen LogP contribution in [-0.2, 0) is 33.5 Å². The molecule has 9 heteroatoms. The van der Waals surface area contributed by atoms with Crippen molar-refractivity contribution >= 4 is 11.8 Å². The summed E-state index contributed by atoms with van der Waals surface area (Å²) in [6, 6.07) is 13.5. The Labute approximate surface area is 215 Å². The molecule has 3 unspecified atom stereocenters. The molecule has 3 aromatic rings. The fraction of sp³-hybridized carbons (Fsp3) is 0.393. The maximum Gasteiger partial charge on any atom is 0.303 e. The third kappa shape index (κ3) is 6.11. The van der Waals surface area contributed by atoms with Crippen LogP contribution in [0.3, 0.4) is 0 Å². The average molecular weight is 505 g/mol. The van der Waals surface area contributed by atoms with Gasteiger partial charge in [0.25, 0.3) is 0 Å². The maximum atomic E-state index is 11.8. The molecule has 194 valence electrons. The van der Waals surface area contributed by atoms with Gasteiger partial charge in [-0.3, -0.25) is 4.79 Å². The number of aliphatic hydroxyl groups excluding tert-OH is 1. The predicted octanol–water partition coefficient (Wildman–Crippen LogP) is 4.02. The fourth-order valence-corrected chi connectivity index (χ4v) is 5.08. The highest BCUT2D eigenvalue weighted by atomic mass is 16.7. The number of pyridine rings is 1. The Balaban J connectivity index is 1.33. The number of carboxylic acid groups (broad SMARTS) is 1. The van der Waals surface area contributed by atoms with Gasteiger partial charge in [-0.15, -0.1) is 0 Å². The van der Waals surface area contributed by atoms with Gasteiger partial charge in [-0.25, -0.2) is 9.97 Å². The molecule has 4 heterocycles. The lowest BCUT2D eigenvalue weighted by atomic mass is 9.88. The zero-order valence-electron chi connectivity index (χ0n) is 20.6. The average Bonchev–Trinajstić information content (AvgIpc) is 3.61. The van der Waals surface area contributed by atoms with E-state index in [0.717, 1.165) is 36.5 Å². The molecule has 2 aliphatic rings. The van der Waals surface area contributed by atoms with Crippen molar-refractivity contribution in [2.24, 2.45) is 5.92 Å². The van der Waals surface area contributed by atoms with Gasteiger partial charge in [0.1, 0.15) is 12.1 Å². The number of aromatic nitrogens is 3. The molecule has 1 aromatic carbocycles. The number of allylic oxidation sites excluding steroid dienone is 1. The van der Waals surface area contributed by atoms with Gasteiger partial charge in [-0.2, -0.15) is 0 Å². The zero-order chi connectivity index (χ0) is 25.6. The maximum absolute atomic E-state index is 11.8. The van der Waals surface area contributed by atoms with Gasteiger partial charge in [0.15, 0.2) is 5.76 Å². The fourth-order valence-electron chi connectivity index (χ4n) is 5.08. The molecule has 0 saturated heterocycles. The zero-order valence-corrected chi connectivity index (χ0v) is 20.6. The summed E-state index contributed by atoms with van der Waals surface area (Å²) in [5.74, 6) is 0.281. The Morgan fingerprint density at radius 3 is 2.84 bits per heavy atom. The summed E-state index contributed by atoms with van der Waals surface area (Å²) in [5.41, 5.74) is 3.72. The predicted molar refractivity (Wildman–Crippen MR) is 137 cm³/mol. The van der Waals surface area contributed by atoms with Crippen molar-refractivity contribution < 1.29 is 24.5 Å². The lowest BCUT2D eigenvalue weighted by molar-refractivity contribution is -0.138. The van der Waals surface area contributed by atoms with Crippen molar-refractivity contribution in [3.63, 3.8) is 0 Å². The summed E-state index contributed by atoms with van der Waals surface area (Å²) in [5, 5.41) is 23.9. The third-order valence-corrected chi connectivity index (χ3v) is 6.92. The third-order valence-electron chi connectivity index (χ3n) is 6.92. The molecule has 5 rings (SSSR count). The largest absolute Gasteiger partial charge is 0.481 e. The number of rotatable bonds is 11. The number of carbonyl (C=O) groups is 1. The number of hydrogen-bond acceptors (Lipinski definition) is 7. The first kappa shape index (κ1) is 24.8. The van der Waals surface area contributed by atoms with E-state index in [9.17, 15) is 15.0 Å². The molecule has 0 bridgehead atoms. The van der Waals surface area contributed by atoms with E-state index in [1.807, 2.05) is 41.0 Å². The van der Waals surface area contributed by atoms with Gasteiger partial charge in [0, 0.05) is 24.4 Å². The molecule has 0 amide bonds. The van der Waals surface area contributed by atoms with Crippen LogP contribution in [-0.4, -0.2) is 44.1 Å². The minimum absolute atomic E-state index is 0.0611. The summed E-state index contributed by atoms with van der Waals surface area (Å²) in [7, 11) is 0. The Morgan fingerprint density at radius 2 is 2.05 bits per heavy atom. The Morgan fingerprint density at radius 1 is 1.19 bits per heavy atom. The van der Waals surface area contributed by atoms with E-state index in [1.165, 1.54) is 11.8 Å². The van der Waals surface area contributed by atoms with Crippen molar-refractivity contribution in [3.8, 4) is 0 Å². The molecule has 9 nitrogen and oxygen atoms in total. The number of anilines is 1. The highest BCUT2D eigenvalue weighted by Gasteiger charge is 2.33. The second-order valence-corrected chi connectivity index (χ2v) is 9.58. The van der Waals surface area contributed by atoms with Gasteiger partial charge in [-0.05, 0) is 49.3 Å². The molecule has 3 N–H and O–H groups in total. The standard InChI is InChI=1S/C28H32N4O5/c33-24(11-10-22-9-8-20-7-4-12-29-28(20)31-22)23-15-32(17-30-23)27(25-16-36-18-37-25)21(14-26(34)35)13-19-5-2-1-3-6-19/h1-3,5-6,8-9,15-17,21,24,27,33H,4,7,10-14,18H2,(H,29,31)(H,34,35). The van der Waals surface area contributed by atoms with E-state index in [1.54, 1.807) is 12.5 Å². The summed E-state index contributed by atoms with van der Waals surface area (Å²) in [6.07, 6.45) is 7.87. The number of aryl methyl sites for hydroxylation is 2. The minimum atomic E-state index is -0.891. The van der Waals surface area contributed by atoms with Crippen molar-refractivity contribution in [1.82, 2.24) is 14.5 Å². The Bertz CT molecular complexity index is 1240. The highest BCUT2D eigenvalue weighted by Crippen LogP contribution is 2.35. The molecule has 0 saturated carbocycles. The highest BCUT2D eigenvalue weighted by molar-refractivity contribution is 5.67. The van der Waals surface area contributed by atoms with Gasteiger partial charge in [0.2, 0.25) is 6.79 Å². The number of nitrogens with zero attached hydrogens (tertiary/aromatic N) is 3. The monoisotopic (exact) mass is 504 g/mol. The van der Waals surface area contributed by atoms with Crippen LogP contribution < -0.4 is 5.32 Å². The molecule has 37 heavy (non-hydrogen) atoms. The van der Waals surface area contributed by atoms with Gasteiger partial charge >= 0.3 is 5.97 Å². The molecule has 0 fully saturated rings. The molecule has 0 spiro atoms. The molecule has 0 aliphatic carbocycles. The van der Waals surface area contributed by atoms with E-state index in [0.29, 0.717) is 30.7 Å². The van der Waals surface area contributed by atoms with Crippen LogP contribution in [0.5, 0.6) is 0 Å². The van der Waals surface area contributed by atoms with Crippen LogP contribution >= 0.6 is 0 Å². The van der Waals surface area contributed by atoms with Crippen molar-refractivity contribution in [3.05, 3.63) is 89.5 Å². The first-order chi connectivity index (χ1) is 18.1. The lowest BCUT2D eigenvalue weighted by Gasteiger charge is -2.27. The summed E-state index contributed by atoms with van der Waals surface area (Å²) >= 11 is 0. The summed E-state index contributed by atoms with van der Waals surface area (Å²) in [6.45, 7) is 1.02. The number of nitrogens with one attached hydrogen (secondary N) is 1. The number of aliphatic carboxylic acids is 1. The number of ether oxygens (including phenoxy) is 2. The Kier molecular flexibility index (Phi) is 7.70. The molecule has 3 atom stereocenters. The Hall–Kier alpha value is -3.85. The van der Waals surface area contributed by atoms with Crippen LogP contribution in [0.1, 0.15) is 53.9 Å². The van der Waals surface area contributed by atoms with Crippen molar-refractivity contribution in [2.75, 3.05) is 18.7 Å². The van der Waals surface area contributed by atoms with Crippen LogP contribution in [0.15, 0.2) is 67.0 Å². The van der Waals surface area contributed by atoms with Crippen LogP contribution in [0.4, 0.5) is 5.82 Å². The normalized spacial score (nSPS) is 16.9. The van der Waals surface area contributed by atoms with Gasteiger partial charge in [0.05, 0.1) is 30.6 Å². The summed E-state index contributed by atoms with van der Waals surface area (Å²) in [4.78, 5) is 21.0. The molecular formula is C28H32N4O5. The molecule has 2 aliphatic heterocycles. The minimum Gasteiger partial charge on any atom is -0.481 e. The smallest absolute Gasteiger partial charge is 0.303 e. The van der Waals surface area contributed by atoms with E-state index >= 15 is 0 Å². The number of carboxylic acids is 1. The molecule has 2 aromatic heterocycles. The van der Waals surface area contributed by atoms with Crippen LogP contribution in [0.25, 0.3) is 0 Å². The number of fused-ring (bicyclic) bond motifs is 1. The van der Waals surface area contributed by atoms with E-state index in [2.05, 4.69) is 16.4 Å². The van der Waals surface area contributed by atoms with Crippen molar-refractivity contribution in [2.45, 2.75) is 50.7 Å². The lowest BCUT2D eigenvalue weighted by Crippen LogP contribution is -2.25. The number of hydrogen-bond donors (Lipinski definition) is 3. The first-order valence-corrected chi connectivity index (χ1v) is 12.7. The number of imidazole rings is 1. The topological polar surface area (TPSA) is 119 Å². The number of aliphatic hydroxyl groups is 1. The quantitative estimate of drug-likeness (QED) is 0.358. The van der Waals surface area contributed by atoms with Crippen molar-refractivity contribution in [1.29, 1.82) is 0 Å². The van der Waals surface area contributed by atoms with Gasteiger partial charge in [-0.1, -0.05) is 36.4 Å². The van der Waals surface area contributed by atoms with Crippen LogP contribution in [0.2, 0.25) is 0 Å². The van der Waals surface area contributed by atoms with Crippen LogP contribution in [0, 0.1) is 5.92 Å². The molecular weight excluding hydrogens is 472 g/mol. The van der Waals surface area contributed by atoms with E-state index in [4.69, 9.17) is 14.5 Å². The first-order valence-electron chi connectivity index (χ1n) is 12.7. The number of benzene rings is 1. The second kappa shape index (κ2) is 11.5. The van der Waals surface area contributed by atoms with E-state index < -0.39 is 18.1 Å². The molecule has 0 radical (unpaired) electrons. The van der Waals surface area contributed by atoms with Gasteiger partial charge < -0.3 is 29.6 Å². The SMILES string of the molecule is O=C(O)CC(Cc1ccccc1)C(C1=COCO1)n1cnc(C(O)CCc2ccc3c(n2)NCCC3)c1.